The van der Waals surface area contributed by atoms with Gasteiger partial charge in [-0.15, -0.1) is 0 Å². The van der Waals surface area contributed by atoms with Gasteiger partial charge in [0.1, 0.15) is 5.69 Å². The number of hydrogen-bond acceptors (Lipinski definition) is 6. The van der Waals surface area contributed by atoms with Gasteiger partial charge in [0, 0.05) is 11.2 Å². The van der Waals surface area contributed by atoms with Crippen LogP contribution in [0.4, 0.5) is 11.6 Å². The summed E-state index contributed by atoms with van der Waals surface area (Å²) in [6, 6.07) is 8.22. The normalized spacial score (nSPS) is 10.9. The van der Waals surface area contributed by atoms with Crippen LogP contribution in [0.1, 0.15) is 47.3 Å². The Balaban J connectivity index is 2.29. The summed E-state index contributed by atoms with van der Waals surface area (Å²) in [5.74, 6) is -0.581. The van der Waals surface area contributed by atoms with E-state index < -0.39 is 11.9 Å². The minimum Gasteiger partial charge on any atom is -0.465 e. The maximum atomic E-state index is 12.6. The molecule has 0 radical (unpaired) electrons. The fourth-order valence-electron chi connectivity index (χ4n) is 2.14. The molecule has 0 unspecified atom stereocenters. The van der Waals surface area contributed by atoms with Gasteiger partial charge in [-0.3, -0.25) is 4.79 Å². The van der Waals surface area contributed by atoms with Gasteiger partial charge in [0.05, 0.1) is 18.4 Å². The smallest absolute Gasteiger partial charge is 0.339 e. The van der Waals surface area contributed by atoms with Crippen LogP contribution in [-0.4, -0.2) is 34.5 Å². The molecule has 1 aromatic carbocycles. The number of methoxy groups -OCH3 is 1. The first-order chi connectivity index (χ1) is 11.7. The number of carbonyl (C=O) groups excluding carboxylic acids is 2. The number of aromatic nitrogens is 2. The van der Waals surface area contributed by atoms with E-state index in [2.05, 4.69) is 20.6 Å². The second-order valence-electron chi connectivity index (χ2n) is 6.58. The van der Waals surface area contributed by atoms with E-state index in [0.717, 1.165) is 0 Å². The molecule has 0 spiro atoms. The Morgan fingerprint density at radius 1 is 1.12 bits per heavy atom. The zero-order valence-corrected chi connectivity index (χ0v) is 15.0. The van der Waals surface area contributed by atoms with Gasteiger partial charge in [-0.25, -0.2) is 14.8 Å². The third kappa shape index (κ3) is 5.00. The molecule has 0 bridgehead atoms. The quantitative estimate of drug-likeness (QED) is 0.830. The predicted molar refractivity (Wildman–Crippen MR) is 95.9 cm³/mol. The Labute approximate surface area is 146 Å². The van der Waals surface area contributed by atoms with Gasteiger partial charge < -0.3 is 15.4 Å². The molecule has 0 saturated heterocycles. The first kappa shape index (κ1) is 18.4. The van der Waals surface area contributed by atoms with E-state index in [1.54, 1.807) is 37.3 Å². The number of benzene rings is 1. The number of amides is 1. The lowest BCUT2D eigenvalue weighted by Crippen LogP contribution is -2.28. The van der Waals surface area contributed by atoms with Crippen molar-refractivity contribution in [2.24, 2.45) is 0 Å². The van der Waals surface area contributed by atoms with Crippen molar-refractivity contribution >= 4 is 23.5 Å². The average Bonchev–Trinajstić information content (AvgIpc) is 2.52. The van der Waals surface area contributed by atoms with Crippen LogP contribution < -0.4 is 10.6 Å². The molecular formula is C18H22N4O3. The van der Waals surface area contributed by atoms with E-state index in [4.69, 9.17) is 4.74 Å². The zero-order valence-electron chi connectivity index (χ0n) is 15.0. The number of rotatable bonds is 4. The number of esters is 1. The summed E-state index contributed by atoms with van der Waals surface area (Å²) >= 11 is 0. The molecule has 2 aromatic rings. The SMILES string of the molecule is COC(=O)c1ccccc1NC(=O)c1cc(C)nc(NC(C)(C)C)n1. The Kier molecular flexibility index (Phi) is 5.36. The summed E-state index contributed by atoms with van der Waals surface area (Å²) in [6.45, 7) is 7.72. The molecule has 2 N–H and O–H groups in total. The third-order valence-electron chi connectivity index (χ3n) is 3.15. The van der Waals surface area contributed by atoms with Crippen molar-refractivity contribution < 1.29 is 14.3 Å². The van der Waals surface area contributed by atoms with Gasteiger partial charge >= 0.3 is 5.97 Å². The Bertz CT molecular complexity index is 797. The predicted octanol–water partition coefficient (Wildman–Crippen LogP) is 3.03. The third-order valence-corrected chi connectivity index (χ3v) is 3.15. The van der Waals surface area contributed by atoms with Crippen molar-refractivity contribution in [3.8, 4) is 0 Å². The van der Waals surface area contributed by atoms with Crippen molar-refractivity contribution in [2.75, 3.05) is 17.7 Å². The molecule has 0 aliphatic heterocycles. The highest BCUT2D eigenvalue weighted by atomic mass is 16.5. The molecule has 0 aliphatic rings. The number of para-hydroxylation sites is 1. The van der Waals surface area contributed by atoms with E-state index in [9.17, 15) is 9.59 Å². The van der Waals surface area contributed by atoms with E-state index in [1.807, 2.05) is 20.8 Å². The first-order valence-electron chi connectivity index (χ1n) is 7.82. The first-order valence-corrected chi connectivity index (χ1v) is 7.82. The largest absolute Gasteiger partial charge is 0.465 e. The van der Waals surface area contributed by atoms with Crippen molar-refractivity contribution in [1.82, 2.24) is 9.97 Å². The number of carbonyl (C=O) groups is 2. The number of nitrogens with zero attached hydrogens (tertiary/aromatic N) is 2. The van der Waals surface area contributed by atoms with Crippen molar-refractivity contribution in [3.05, 3.63) is 47.3 Å². The molecule has 0 atom stereocenters. The van der Waals surface area contributed by atoms with E-state index in [-0.39, 0.29) is 16.8 Å². The lowest BCUT2D eigenvalue weighted by atomic mass is 10.1. The number of ether oxygens (including phenoxy) is 1. The van der Waals surface area contributed by atoms with Gasteiger partial charge in [-0.1, -0.05) is 12.1 Å². The van der Waals surface area contributed by atoms with Crippen LogP contribution in [0.15, 0.2) is 30.3 Å². The topological polar surface area (TPSA) is 93.2 Å². The highest BCUT2D eigenvalue weighted by molar-refractivity contribution is 6.07. The number of hydrogen-bond donors (Lipinski definition) is 2. The van der Waals surface area contributed by atoms with Gasteiger partial charge in [-0.2, -0.15) is 0 Å². The van der Waals surface area contributed by atoms with Crippen LogP contribution in [0.2, 0.25) is 0 Å². The molecule has 25 heavy (non-hydrogen) atoms. The molecule has 1 heterocycles. The standard InChI is InChI=1S/C18H22N4O3/c1-11-10-14(21-17(19-11)22-18(2,3)4)15(23)20-13-9-7-6-8-12(13)16(24)25-5/h6-10H,1-5H3,(H,20,23)(H,19,21,22). The van der Waals surface area contributed by atoms with Crippen LogP contribution >= 0.6 is 0 Å². The van der Waals surface area contributed by atoms with Gasteiger partial charge in [0.2, 0.25) is 5.95 Å². The second-order valence-corrected chi connectivity index (χ2v) is 6.58. The van der Waals surface area contributed by atoms with Crippen molar-refractivity contribution in [1.29, 1.82) is 0 Å². The minimum absolute atomic E-state index is 0.207. The summed E-state index contributed by atoms with van der Waals surface area (Å²) in [7, 11) is 1.29. The number of anilines is 2. The van der Waals surface area contributed by atoms with Crippen LogP contribution in [0.25, 0.3) is 0 Å². The lowest BCUT2D eigenvalue weighted by Gasteiger charge is -2.21. The van der Waals surface area contributed by atoms with Crippen LogP contribution in [-0.2, 0) is 4.74 Å². The summed E-state index contributed by atoms with van der Waals surface area (Å²) in [6.07, 6.45) is 0. The number of nitrogens with one attached hydrogen (secondary N) is 2. The number of aryl methyl sites for hydroxylation is 1. The molecule has 2 rings (SSSR count). The van der Waals surface area contributed by atoms with Crippen LogP contribution in [0, 0.1) is 6.92 Å². The van der Waals surface area contributed by atoms with E-state index >= 15 is 0 Å². The highest BCUT2D eigenvalue weighted by Gasteiger charge is 2.17. The van der Waals surface area contributed by atoms with E-state index in [0.29, 0.717) is 17.3 Å². The zero-order chi connectivity index (χ0) is 18.6. The Morgan fingerprint density at radius 3 is 2.44 bits per heavy atom. The van der Waals surface area contributed by atoms with Gasteiger partial charge in [0.25, 0.3) is 5.91 Å². The minimum atomic E-state index is -0.523. The summed E-state index contributed by atoms with van der Waals surface area (Å²) < 4.78 is 4.73. The summed E-state index contributed by atoms with van der Waals surface area (Å²) in [4.78, 5) is 32.9. The van der Waals surface area contributed by atoms with Gasteiger partial charge in [-0.05, 0) is 45.9 Å². The van der Waals surface area contributed by atoms with Crippen molar-refractivity contribution in [3.63, 3.8) is 0 Å². The molecule has 7 heteroatoms. The van der Waals surface area contributed by atoms with Crippen molar-refractivity contribution in [2.45, 2.75) is 33.2 Å². The molecule has 132 valence electrons. The highest BCUT2D eigenvalue weighted by Crippen LogP contribution is 2.18. The monoisotopic (exact) mass is 342 g/mol. The van der Waals surface area contributed by atoms with E-state index in [1.165, 1.54) is 7.11 Å². The molecule has 0 aliphatic carbocycles. The fourth-order valence-corrected chi connectivity index (χ4v) is 2.14. The Hall–Kier alpha value is -2.96. The molecular weight excluding hydrogens is 320 g/mol. The molecule has 0 saturated carbocycles. The molecule has 1 amide bonds. The summed E-state index contributed by atoms with van der Waals surface area (Å²) in [5, 5.41) is 5.84. The summed E-state index contributed by atoms with van der Waals surface area (Å²) in [5.41, 5.74) is 1.27. The molecule has 7 nitrogen and oxygen atoms in total. The maximum absolute atomic E-state index is 12.6. The second kappa shape index (κ2) is 7.29. The Morgan fingerprint density at radius 2 is 1.80 bits per heavy atom. The average molecular weight is 342 g/mol. The molecule has 1 aromatic heterocycles. The van der Waals surface area contributed by atoms with Gasteiger partial charge in [0.15, 0.2) is 0 Å². The maximum Gasteiger partial charge on any atom is 0.339 e. The van der Waals surface area contributed by atoms with Crippen LogP contribution in [0.3, 0.4) is 0 Å². The van der Waals surface area contributed by atoms with Crippen LogP contribution in [0.5, 0.6) is 0 Å². The molecule has 0 fully saturated rings. The lowest BCUT2D eigenvalue weighted by molar-refractivity contribution is 0.0602. The fraction of sp³-hybridized carbons (Fsp3) is 0.333.